The lowest BCUT2D eigenvalue weighted by Crippen LogP contribution is -2.52. The van der Waals surface area contributed by atoms with E-state index < -0.39 is 0 Å². The Bertz CT molecular complexity index is 674. The highest BCUT2D eigenvalue weighted by Crippen LogP contribution is 2.17. The van der Waals surface area contributed by atoms with E-state index in [9.17, 15) is 0 Å². The zero-order valence-electron chi connectivity index (χ0n) is 15.0. The van der Waals surface area contributed by atoms with Crippen molar-refractivity contribution in [2.24, 2.45) is 4.99 Å². The zero-order chi connectivity index (χ0) is 17.6. The first-order valence-electron chi connectivity index (χ1n) is 8.34. The minimum atomic E-state index is 0.691. The number of nitrogens with one attached hydrogen (secondary N) is 1. The summed E-state index contributed by atoms with van der Waals surface area (Å²) >= 11 is 1.66. The second kappa shape index (κ2) is 8.30. The summed E-state index contributed by atoms with van der Waals surface area (Å²) in [5, 5.41) is 10.5. The van der Waals surface area contributed by atoms with Crippen LogP contribution in [0.4, 0.5) is 5.13 Å². The molecule has 1 N–H and O–H groups in total. The van der Waals surface area contributed by atoms with Gasteiger partial charge in [0.15, 0.2) is 11.1 Å². The molecule has 0 aliphatic carbocycles. The summed E-state index contributed by atoms with van der Waals surface area (Å²) in [5.74, 6) is 0.931. The van der Waals surface area contributed by atoms with Gasteiger partial charge in [-0.1, -0.05) is 5.16 Å². The Morgan fingerprint density at radius 2 is 2.12 bits per heavy atom. The molecule has 1 saturated heterocycles. The van der Waals surface area contributed by atoms with Crippen molar-refractivity contribution in [2.75, 3.05) is 52.2 Å². The largest absolute Gasteiger partial charge is 0.364 e. The van der Waals surface area contributed by atoms with Crippen LogP contribution < -0.4 is 10.2 Å². The zero-order valence-corrected chi connectivity index (χ0v) is 15.8. The number of rotatable bonds is 5. The van der Waals surface area contributed by atoms with Gasteiger partial charge in [0, 0.05) is 65.3 Å². The standard InChI is InChI=1S/C16H25N7OS/c1-17-15(18-10-14-12-25-16(19-14)21(2)3)23-7-5-22(6-8-23)11-13-4-9-24-20-13/h4,9,12H,5-8,10-11H2,1-3H3,(H,17,18). The first-order chi connectivity index (χ1) is 12.2. The first kappa shape index (κ1) is 17.7. The van der Waals surface area contributed by atoms with Crippen molar-refractivity contribution in [3.63, 3.8) is 0 Å². The van der Waals surface area contributed by atoms with E-state index in [1.54, 1.807) is 17.6 Å². The summed E-state index contributed by atoms with van der Waals surface area (Å²) in [6.45, 7) is 5.37. The van der Waals surface area contributed by atoms with Crippen molar-refractivity contribution < 1.29 is 4.52 Å². The van der Waals surface area contributed by atoms with Crippen molar-refractivity contribution in [3.8, 4) is 0 Å². The van der Waals surface area contributed by atoms with Crippen LogP contribution in [0.25, 0.3) is 0 Å². The van der Waals surface area contributed by atoms with Crippen molar-refractivity contribution in [1.82, 2.24) is 25.3 Å². The third-order valence-electron chi connectivity index (χ3n) is 4.11. The monoisotopic (exact) mass is 363 g/mol. The fourth-order valence-corrected chi connectivity index (χ4v) is 3.51. The summed E-state index contributed by atoms with van der Waals surface area (Å²) in [6.07, 6.45) is 1.62. The number of hydrogen-bond donors (Lipinski definition) is 1. The molecule has 2 aromatic rings. The van der Waals surface area contributed by atoms with E-state index in [1.165, 1.54) is 0 Å². The number of guanidine groups is 1. The molecule has 0 atom stereocenters. The summed E-state index contributed by atoms with van der Waals surface area (Å²) in [7, 11) is 5.84. The van der Waals surface area contributed by atoms with Crippen LogP contribution in [0.3, 0.4) is 0 Å². The number of piperazine rings is 1. The third kappa shape index (κ3) is 4.70. The molecule has 0 saturated carbocycles. The van der Waals surface area contributed by atoms with Gasteiger partial charge in [0.05, 0.1) is 17.9 Å². The molecular weight excluding hydrogens is 338 g/mol. The normalized spacial score (nSPS) is 16.3. The summed E-state index contributed by atoms with van der Waals surface area (Å²) < 4.78 is 4.90. The summed E-state index contributed by atoms with van der Waals surface area (Å²) in [5.41, 5.74) is 2.02. The van der Waals surface area contributed by atoms with E-state index in [4.69, 9.17) is 4.52 Å². The molecule has 0 unspecified atom stereocenters. The fraction of sp³-hybridized carbons (Fsp3) is 0.562. The van der Waals surface area contributed by atoms with Crippen LogP contribution in [0.2, 0.25) is 0 Å². The molecule has 136 valence electrons. The van der Waals surface area contributed by atoms with Gasteiger partial charge in [-0.05, 0) is 0 Å². The number of hydrogen-bond acceptors (Lipinski definition) is 7. The van der Waals surface area contributed by atoms with E-state index in [0.29, 0.717) is 6.54 Å². The molecule has 3 rings (SSSR count). The molecule has 0 aromatic carbocycles. The topological polar surface area (TPSA) is 73.0 Å². The van der Waals surface area contributed by atoms with Crippen LogP contribution in [0, 0.1) is 0 Å². The second-order valence-corrected chi connectivity index (χ2v) is 7.01. The molecule has 25 heavy (non-hydrogen) atoms. The average molecular weight is 363 g/mol. The predicted octanol–water partition coefficient (Wildman–Crippen LogP) is 1.09. The summed E-state index contributed by atoms with van der Waals surface area (Å²) in [6, 6.07) is 1.92. The number of aliphatic imine (C=N–C) groups is 1. The molecule has 1 fully saturated rings. The maximum absolute atomic E-state index is 4.90. The molecule has 1 aliphatic heterocycles. The van der Waals surface area contributed by atoms with Crippen molar-refractivity contribution in [3.05, 3.63) is 29.1 Å². The number of nitrogens with zero attached hydrogens (tertiary/aromatic N) is 6. The van der Waals surface area contributed by atoms with Gasteiger partial charge in [-0.3, -0.25) is 9.89 Å². The molecule has 3 heterocycles. The van der Waals surface area contributed by atoms with E-state index in [1.807, 2.05) is 32.1 Å². The van der Waals surface area contributed by atoms with Crippen molar-refractivity contribution in [2.45, 2.75) is 13.1 Å². The van der Waals surface area contributed by atoms with Gasteiger partial charge in [0.25, 0.3) is 0 Å². The lowest BCUT2D eigenvalue weighted by molar-refractivity contribution is 0.169. The Hall–Kier alpha value is -2.13. The fourth-order valence-electron chi connectivity index (χ4n) is 2.75. The second-order valence-electron chi connectivity index (χ2n) is 6.17. The van der Waals surface area contributed by atoms with Gasteiger partial charge in [-0.25, -0.2) is 4.98 Å². The van der Waals surface area contributed by atoms with E-state index in [-0.39, 0.29) is 0 Å². The molecule has 0 amide bonds. The third-order valence-corrected chi connectivity index (χ3v) is 5.17. The Morgan fingerprint density at radius 3 is 2.72 bits per heavy atom. The Morgan fingerprint density at radius 1 is 1.32 bits per heavy atom. The molecule has 2 aromatic heterocycles. The van der Waals surface area contributed by atoms with Crippen LogP contribution in [-0.4, -0.2) is 73.2 Å². The van der Waals surface area contributed by atoms with Gasteiger partial charge in [0.1, 0.15) is 6.26 Å². The van der Waals surface area contributed by atoms with Crippen LogP contribution in [0.15, 0.2) is 27.2 Å². The van der Waals surface area contributed by atoms with E-state index >= 15 is 0 Å². The number of thiazole rings is 1. The molecule has 1 aliphatic rings. The van der Waals surface area contributed by atoms with E-state index in [0.717, 1.165) is 55.2 Å². The highest BCUT2D eigenvalue weighted by molar-refractivity contribution is 7.13. The SMILES string of the molecule is CN=C(NCc1csc(N(C)C)n1)N1CCN(Cc2ccon2)CC1. The molecular formula is C16H25N7OS. The van der Waals surface area contributed by atoms with Crippen LogP contribution in [-0.2, 0) is 13.1 Å². The summed E-state index contributed by atoms with van der Waals surface area (Å²) in [4.78, 5) is 15.7. The minimum absolute atomic E-state index is 0.691. The van der Waals surface area contributed by atoms with Gasteiger partial charge < -0.3 is 19.6 Å². The quantitative estimate of drug-likeness (QED) is 0.630. The lowest BCUT2D eigenvalue weighted by atomic mass is 10.3. The van der Waals surface area contributed by atoms with Gasteiger partial charge in [0.2, 0.25) is 0 Å². The maximum atomic E-state index is 4.90. The first-order valence-corrected chi connectivity index (χ1v) is 9.22. The minimum Gasteiger partial charge on any atom is -0.364 e. The highest BCUT2D eigenvalue weighted by Gasteiger charge is 2.20. The van der Waals surface area contributed by atoms with Gasteiger partial charge >= 0.3 is 0 Å². The smallest absolute Gasteiger partial charge is 0.194 e. The van der Waals surface area contributed by atoms with Crippen molar-refractivity contribution >= 4 is 22.4 Å². The molecule has 0 radical (unpaired) electrons. The lowest BCUT2D eigenvalue weighted by Gasteiger charge is -2.36. The van der Waals surface area contributed by atoms with Crippen LogP contribution in [0.1, 0.15) is 11.4 Å². The Labute approximate surface area is 152 Å². The number of aromatic nitrogens is 2. The van der Waals surface area contributed by atoms with Gasteiger partial charge in [-0.15, -0.1) is 11.3 Å². The van der Waals surface area contributed by atoms with Crippen LogP contribution >= 0.6 is 11.3 Å². The van der Waals surface area contributed by atoms with Crippen molar-refractivity contribution in [1.29, 1.82) is 0 Å². The maximum Gasteiger partial charge on any atom is 0.194 e. The highest BCUT2D eigenvalue weighted by atomic mass is 32.1. The molecule has 0 spiro atoms. The Kier molecular flexibility index (Phi) is 5.87. The Balaban J connectivity index is 1.47. The molecule has 0 bridgehead atoms. The van der Waals surface area contributed by atoms with Gasteiger partial charge in [-0.2, -0.15) is 0 Å². The van der Waals surface area contributed by atoms with Crippen LogP contribution in [0.5, 0.6) is 0 Å². The number of anilines is 1. The predicted molar refractivity (Wildman–Crippen MR) is 100.0 cm³/mol. The molecule has 9 heteroatoms. The molecule has 8 nitrogen and oxygen atoms in total. The average Bonchev–Trinajstić information content (AvgIpc) is 3.28. The van der Waals surface area contributed by atoms with E-state index in [2.05, 4.69) is 35.6 Å².